The molecule has 2 rings (SSSR count). The zero-order valence-corrected chi connectivity index (χ0v) is 12.0. The predicted octanol–water partition coefficient (Wildman–Crippen LogP) is 2.65. The van der Waals surface area contributed by atoms with Gasteiger partial charge in [0.15, 0.2) is 0 Å². The van der Waals surface area contributed by atoms with Crippen molar-refractivity contribution in [2.24, 2.45) is 5.92 Å². The number of hydrogen-bond acceptors (Lipinski definition) is 2. The molecule has 0 heterocycles. The van der Waals surface area contributed by atoms with Crippen molar-refractivity contribution in [3.8, 4) is 0 Å². The van der Waals surface area contributed by atoms with E-state index >= 15 is 0 Å². The van der Waals surface area contributed by atoms with Crippen molar-refractivity contribution in [2.75, 3.05) is 6.54 Å². The van der Waals surface area contributed by atoms with Crippen molar-refractivity contribution in [1.29, 1.82) is 0 Å². The van der Waals surface area contributed by atoms with Crippen LogP contribution < -0.4 is 5.32 Å². The Morgan fingerprint density at radius 1 is 1.50 bits per heavy atom. The van der Waals surface area contributed by atoms with E-state index in [1.165, 1.54) is 0 Å². The Balaban J connectivity index is 1.91. The summed E-state index contributed by atoms with van der Waals surface area (Å²) in [5, 5.41) is 12.4. The Morgan fingerprint density at radius 2 is 2.28 bits per heavy atom. The number of carbonyl (C=O) groups excluding carboxylic acids is 1. The average Bonchev–Trinajstić information content (AvgIpc) is 2.72. The molecule has 0 spiro atoms. The smallest absolute Gasteiger partial charge is 0.251 e. The van der Waals surface area contributed by atoms with Gasteiger partial charge in [-0.25, -0.2) is 0 Å². The third kappa shape index (κ3) is 3.33. The number of halogens is 1. The van der Waals surface area contributed by atoms with Gasteiger partial charge in [-0.3, -0.25) is 4.79 Å². The molecule has 0 saturated heterocycles. The molecular formula is C14H18BrNO2. The molecule has 3 nitrogen and oxygen atoms in total. The predicted molar refractivity (Wildman–Crippen MR) is 74.6 cm³/mol. The first-order chi connectivity index (χ1) is 8.56. The van der Waals surface area contributed by atoms with E-state index in [9.17, 15) is 9.90 Å². The highest BCUT2D eigenvalue weighted by Gasteiger charge is 2.23. The second-order valence-corrected chi connectivity index (χ2v) is 5.92. The molecule has 18 heavy (non-hydrogen) atoms. The lowest BCUT2D eigenvalue weighted by Gasteiger charge is -2.12. The highest BCUT2D eigenvalue weighted by atomic mass is 79.9. The SMILES string of the molecule is Cc1cc(Br)ccc1C(=O)NCC1CCC(O)C1. The summed E-state index contributed by atoms with van der Waals surface area (Å²) < 4.78 is 0.982. The van der Waals surface area contributed by atoms with Crippen molar-refractivity contribution < 1.29 is 9.90 Å². The molecule has 1 fully saturated rings. The van der Waals surface area contributed by atoms with Crippen LogP contribution in [0.25, 0.3) is 0 Å². The van der Waals surface area contributed by atoms with Crippen LogP contribution in [0.4, 0.5) is 0 Å². The van der Waals surface area contributed by atoms with Crippen molar-refractivity contribution in [2.45, 2.75) is 32.3 Å². The van der Waals surface area contributed by atoms with Crippen LogP contribution in [0.2, 0.25) is 0 Å². The first kappa shape index (κ1) is 13.6. The lowest BCUT2D eigenvalue weighted by atomic mass is 10.1. The molecule has 2 unspecified atom stereocenters. The van der Waals surface area contributed by atoms with Gasteiger partial charge in [0, 0.05) is 16.6 Å². The molecule has 98 valence electrons. The normalized spacial score (nSPS) is 23.1. The van der Waals surface area contributed by atoms with Gasteiger partial charge in [-0.05, 0) is 55.9 Å². The monoisotopic (exact) mass is 311 g/mol. The minimum Gasteiger partial charge on any atom is -0.393 e. The van der Waals surface area contributed by atoms with Gasteiger partial charge >= 0.3 is 0 Å². The molecule has 2 atom stereocenters. The van der Waals surface area contributed by atoms with E-state index in [1.807, 2.05) is 25.1 Å². The van der Waals surface area contributed by atoms with Crippen LogP contribution in [0.3, 0.4) is 0 Å². The highest BCUT2D eigenvalue weighted by molar-refractivity contribution is 9.10. The van der Waals surface area contributed by atoms with Crippen LogP contribution >= 0.6 is 15.9 Å². The molecule has 1 saturated carbocycles. The molecule has 1 aliphatic rings. The molecule has 1 aromatic rings. The van der Waals surface area contributed by atoms with Gasteiger partial charge in [-0.1, -0.05) is 15.9 Å². The number of hydrogen-bond donors (Lipinski definition) is 2. The summed E-state index contributed by atoms with van der Waals surface area (Å²) in [4.78, 5) is 12.0. The van der Waals surface area contributed by atoms with E-state index in [4.69, 9.17) is 0 Å². The van der Waals surface area contributed by atoms with Crippen LogP contribution in [0, 0.1) is 12.8 Å². The van der Waals surface area contributed by atoms with E-state index in [-0.39, 0.29) is 12.0 Å². The Bertz CT molecular complexity index is 447. The Morgan fingerprint density at radius 3 is 2.89 bits per heavy atom. The number of aliphatic hydroxyl groups excluding tert-OH is 1. The first-order valence-corrected chi connectivity index (χ1v) is 7.08. The quantitative estimate of drug-likeness (QED) is 0.901. The summed E-state index contributed by atoms with van der Waals surface area (Å²) in [5.41, 5.74) is 1.69. The molecule has 1 aromatic carbocycles. The van der Waals surface area contributed by atoms with E-state index in [0.29, 0.717) is 12.5 Å². The molecule has 2 N–H and O–H groups in total. The summed E-state index contributed by atoms with van der Waals surface area (Å²) in [6.45, 7) is 2.59. The van der Waals surface area contributed by atoms with E-state index in [0.717, 1.165) is 34.9 Å². The topological polar surface area (TPSA) is 49.3 Å². The summed E-state index contributed by atoms with van der Waals surface area (Å²) in [6, 6.07) is 5.65. The molecule has 0 aliphatic heterocycles. The summed E-state index contributed by atoms with van der Waals surface area (Å²) in [7, 11) is 0. The Kier molecular flexibility index (Phi) is 4.40. The van der Waals surface area contributed by atoms with Crippen molar-refractivity contribution in [3.05, 3.63) is 33.8 Å². The number of aryl methyl sites for hydroxylation is 1. The van der Waals surface area contributed by atoms with Crippen LogP contribution in [-0.4, -0.2) is 23.7 Å². The van der Waals surface area contributed by atoms with Crippen molar-refractivity contribution in [1.82, 2.24) is 5.32 Å². The number of aliphatic hydroxyl groups is 1. The maximum atomic E-state index is 12.0. The zero-order valence-electron chi connectivity index (χ0n) is 10.4. The van der Waals surface area contributed by atoms with Gasteiger partial charge in [0.05, 0.1) is 6.10 Å². The lowest BCUT2D eigenvalue weighted by molar-refractivity contribution is 0.0944. The maximum Gasteiger partial charge on any atom is 0.251 e. The first-order valence-electron chi connectivity index (χ1n) is 6.28. The molecule has 4 heteroatoms. The van der Waals surface area contributed by atoms with Crippen molar-refractivity contribution in [3.63, 3.8) is 0 Å². The van der Waals surface area contributed by atoms with Crippen LogP contribution in [0.1, 0.15) is 35.2 Å². The van der Waals surface area contributed by atoms with Gasteiger partial charge in [0.1, 0.15) is 0 Å². The fraction of sp³-hybridized carbons (Fsp3) is 0.500. The van der Waals surface area contributed by atoms with Crippen LogP contribution in [0.15, 0.2) is 22.7 Å². The Hall–Kier alpha value is -0.870. The minimum atomic E-state index is -0.179. The number of amides is 1. The van der Waals surface area contributed by atoms with Gasteiger partial charge in [0.25, 0.3) is 5.91 Å². The van der Waals surface area contributed by atoms with Gasteiger partial charge in [-0.2, -0.15) is 0 Å². The second kappa shape index (κ2) is 5.85. The molecule has 0 radical (unpaired) electrons. The third-order valence-corrected chi connectivity index (χ3v) is 3.99. The molecule has 0 aromatic heterocycles. The number of carbonyl (C=O) groups is 1. The molecule has 1 amide bonds. The van der Waals surface area contributed by atoms with Crippen LogP contribution in [-0.2, 0) is 0 Å². The number of rotatable bonds is 3. The van der Waals surface area contributed by atoms with Gasteiger partial charge in [0.2, 0.25) is 0 Å². The standard InChI is InChI=1S/C14H18BrNO2/c1-9-6-11(15)3-5-13(9)14(18)16-8-10-2-4-12(17)7-10/h3,5-6,10,12,17H,2,4,7-8H2,1H3,(H,16,18). The Labute approximate surface area is 116 Å². The van der Waals surface area contributed by atoms with Crippen LogP contribution in [0.5, 0.6) is 0 Å². The average molecular weight is 312 g/mol. The largest absolute Gasteiger partial charge is 0.393 e. The fourth-order valence-corrected chi connectivity index (χ4v) is 2.92. The molecular weight excluding hydrogens is 294 g/mol. The van der Waals surface area contributed by atoms with E-state index < -0.39 is 0 Å². The number of benzene rings is 1. The third-order valence-electron chi connectivity index (χ3n) is 3.50. The number of nitrogens with one attached hydrogen (secondary N) is 1. The van der Waals surface area contributed by atoms with E-state index in [2.05, 4.69) is 21.2 Å². The van der Waals surface area contributed by atoms with Gasteiger partial charge < -0.3 is 10.4 Å². The maximum absolute atomic E-state index is 12.0. The minimum absolute atomic E-state index is 0.0265. The lowest BCUT2D eigenvalue weighted by Crippen LogP contribution is -2.29. The summed E-state index contributed by atoms with van der Waals surface area (Å²) >= 11 is 3.39. The van der Waals surface area contributed by atoms with Gasteiger partial charge in [-0.15, -0.1) is 0 Å². The molecule has 1 aliphatic carbocycles. The fourth-order valence-electron chi connectivity index (χ4n) is 2.45. The highest BCUT2D eigenvalue weighted by Crippen LogP contribution is 2.24. The molecule has 0 bridgehead atoms. The van der Waals surface area contributed by atoms with Crippen molar-refractivity contribution >= 4 is 21.8 Å². The van der Waals surface area contributed by atoms with E-state index in [1.54, 1.807) is 0 Å². The second-order valence-electron chi connectivity index (χ2n) is 5.00. The summed E-state index contributed by atoms with van der Waals surface area (Å²) in [5.74, 6) is 0.390. The summed E-state index contributed by atoms with van der Waals surface area (Å²) in [6.07, 6.45) is 2.49. The zero-order chi connectivity index (χ0) is 13.1.